The van der Waals surface area contributed by atoms with Crippen LogP contribution in [0.2, 0.25) is 5.15 Å². The van der Waals surface area contributed by atoms with Crippen LogP contribution >= 0.6 is 11.6 Å². The van der Waals surface area contributed by atoms with E-state index in [1.165, 1.54) is 6.33 Å². The molecule has 6 nitrogen and oxygen atoms in total. The number of piperazine rings is 1. The highest BCUT2D eigenvalue weighted by Crippen LogP contribution is 2.29. The van der Waals surface area contributed by atoms with Gasteiger partial charge in [0.15, 0.2) is 11.0 Å². The van der Waals surface area contributed by atoms with Crippen LogP contribution in [0.25, 0.3) is 0 Å². The molecule has 0 amide bonds. The molecule has 0 radical (unpaired) electrons. The van der Waals surface area contributed by atoms with Crippen molar-refractivity contribution in [1.29, 1.82) is 0 Å². The Morgan fingerprint density at radius 3 is 2.68 bits per heavy atom. The summed E-state index contributed by atoms with van der Waals surface area (Å²) in [5.74, 6) is 0.865. The van der Waals surface area contributed by atoms with E-state index in [9.17, 15) is 0 Å². The van der Waals surface area contributed by atoms with Crippen LogP contribution in [0, 0.1) is 0 Å². The van der Waals surface area contributed by atoms with Crippen molar-refractivity contribution in [2.75, 3.05) is 56.6 Å². The maximum Gasteiger partial charge on any atom is 0.157 e. The van der Waals surface area contributed by atoms with Crippen LogP contribution < -0.4 is 10.2 Å². The van der Waals surface area contributed by atoms with Gasteiger partial charge in [-0.1, -0.05) is 11.6 Å². The van der Waals surface area contributed by atoms with E-state index in [1.54, 1.807) is 0 Å². The highest BCUT2D eigenvalue weighted by Gasteiger charge is 2.21. The molecule has 2 N–H and O–H groups in total. The zero-order valence-electron chi connectivity index (χ0n) is 11.1. The summed E-state index contributed by atoms with van der Waals surface area (Å²) in [6.07, 6.45) is 2.33. The first-order chi connectivity index (χ1) is 9.26. The molecule has 1 fully saturated rings. The molecule has 0 saturated carbocycles. The fourth-order valence-electron chi connectivity index (χ4n) is 2.29. The molecule has 0 bridgehead atoms. The van der Waals surface area contributed by atoms with Crippen molar-refractivity contribution in [3.63, 3.8) is 0 Å². The van der Waals surface area contributed by atoms with Gasteiger partial charge in [0.1, 0.15) is 12.0 Å². The quantitative estimate of drug-likeness (QED) is 0.776. The van der Waals surface area contributed by atoms with Gasteiger partial charge in [0.2, 0.25) is 0 Å². The molecule has 1 aliphatic heterocycles. The van der Waals surface area contributed by atoms with Crippen molar-refractivity contribution < 1.29 is 5.11 Å². The second-order valence-corrected chi connectivity index (χ2v) is 4.88. The van der Waals surface area contributed by atoms with Gasteiger partial charge in [-0.25, -0.2) is 9.97 Å². The zero-order chi connectivity index (χ0) is 13.7. The van der Waals surface area contributed by atoms with Crippen molar-refractivity contribution in [3.8, 4) is 0 Å². The minimum Gasteiger partial charge on any atom is -0.396 e. The van der Waals surface area contributed by atoms with Crippen molar-refractivity contribution >= 4 is 23.1 Å². The van der Waals surface area contributed by atoms with Crippen LogP contribution in [0.4, 0.5) is 11.5 Å². The number of nitrogens with one attached hydrogen (secondary N) is 1. The Kier molecular flexibility index (Phi) is 5.18. The average molecular weight is 286 g/mol. The topological polar surface area (TPSA) is 64.5 Å². The van der Waals surface area contributed by atoms with Gasteiger partial charge in [0.25, 0.3) is 0 Å². The van der Waals surface area contributed by atoms with E-state index in [1.807, 2.05) is 7.05 Å². The minimum atomic E-state index is 0.256. The third-order valence-corrected chi connectivity index (χ3v) is 3.62. The van der Waals surface area contributed by atoms with Crippen molar-refractivity contribution in [2.45, 2.75) is 6.42 Å². The maximum absolute atomic E-state index is 8.85. The summed E-state index contributed by atoms with van der Waals surface area (Å²) >= 11 is 6.07. The van der Waals surface area contributed by atoms with Crippen LogP contribution in [0.1, 0.15) is 6.42 Å². The molecule has 1 aromatic rings. The first-order valence-corrected chi connectivity index (χ1v) is 6.90. The van der Waals surface area contributed by atoms with Crippen molar-refractivity contribution in [3.05, 3.63) is 11.5 Å². The molecule has 1 aromatic heterocycles. The molecule has 0 atom stereocenters. The largest absolute Gasteiger partial charge is 0.396 e. The predicted octanol–water partition coefficient (Wildman–Crippen LogP) is 0.676. The molecule has 19 heavy (non-hydrogen) atoms. The number of hydrogen-bond donors (Lipinski definition) is 2. The van der Waals surface area contributed by atoms with Gasteiger partial charge in [-0.2, -0.15) is 0 Å². The molecule has 2 heterocycles. The predicted molar refractivity (Wildman–Crippen MR) is 76.9 cm³/mol. The Morgan fingerprint density at radius 2 is 2.05 bits per heavy atom. The number of halogens is 1. The number of anilines is 2. The van der Waals surface area contributed by atoms with E-state index in [-0.39, 0.29) is 6.61 Å². The van der Waals surface area contributed by atoms with Gasteiger partial charge in [0, 0.05) is 46.4 Å². The molecule has 0 aliphatic carbocycles. The summed E-state index contributed by atoms with van der Waals surface area (Å²) in [5.41, 5.74) is 0.785. The van der Waals surface area contributed by atoms with Crippen LogP contribution in [-0.2, 0) is 0 Å². The zero-order valence-corrected chi connectivity index (χ0v) is 11.9. The van der Waals surface area contributed by atoms with E-state index in [0.29, 0.717) is 5.15 Å². The Morgan fingerprint density at radius 1 is 1.32 bits per heavy atom. The lowest BCUT2D eigenvalue weighted by molar-refractivity contribution is 0.215. The summed E-state index contributed by atoms with van der Waals surface area (Å²) < 4.78 is 0. The van der Waals surface area contributed by atoms with Gasteiger partial charge >= 0.3 is 0 Å². The molecular weight excluding hydrogens is 266 g/mol. The third-order valence-electron chi connectivity index (χ3n) is 3.34. The Balaban J connectivity index is 1.99. The van der Waals surface area contributed by atoms with Crippen LogP contribution in [0.3, 0.4) is 0 Å². The lowest BCUT2D eigenvalue weighted by Gasteiger charge is -2.36. The van der Waals surface area contributed by atoms with Gasteiger partial charge in [0.05, 0.1) is 0 Å². The number of nitrogens with zero attached hydrogens (tertiary/aromatic N) is 4. The van der Waals surface area contributed by atoms with E-state index in [0.717, 1.165) is 50.6 Å². The monoisotopic (exact) mass is 285 g/mol. The summed E-state index contributed by atoms with van der Waals surface area (Å²) in [5, 5.41) is 12.4. The molecule has 0 spiro atoms. The first kappa shape index (κ1) is 14.3. The fraction of sp³-hybridized carbons (Fsp3) is 0.667. The Labute approximate surface area is 118 Å². The van der Waals surface area contributed by atoms with Gasteiger partial charge < -0.3 is 15.3 Å². The minimum absolute atomic E-state index is 0.256. The molecule has 0 unspecified atom stereocenters. The van der Waals surface area contributed by atoms with Crippen molar-refractivity contribution in [2.24, 2.45) is 0 Å². The summed E-state index contributed by atoms with van der Waals surface area (Å²) in [7, 11) is 1.82. The standard InChI is InChI=1S/C12H20ClN5O/c1-14-10-11(13)15-9-16-12(10)18-6-4-17(5-7-18)3-2-8-19/h9,14,19H,2-8H2,1H3. The summed E-state index contributed by atoms with van der Waals surface area (Å²) in [6.45, 7) is 4.98. The molecule has 7 heteroatoms. The molecule has 0 aromatic carbocycles. The van der Waals surface area contributed by atoms with Gasteiger partial charge in [-0.3, -0.25) is 4.90 Å². The van der Waals surface area contributed by atoms with E-state index in [2.05, 4.69) is 25.1 Å². The number of aliphatic hydroxyl groups excluding tert-OH is 1. The number of rotatable bonds is 5. The first-order valence-electron chi connectivity index (χ1n) is 6.52. The molecule has 2 rings (SSSR count). The SMILES string of the molecule is CNc1c(Cl)ncnc1N1CCN(CCCO)CC1. The van der Waals surface area contributed by atoms with E-state index in [4.69, 9.17) is 16.7 Å². The smallest absolute Gasteiger partial charge is 0.157 e. The normalized spacial score (nSPS) is 16.7. The Hall–Kier alpha value is -1.11. The molecular formula is C12H20ClN5O. The lowest BCUT2D eigenvalue weighted by Crippen LogP contribution is -2.47. The van der Waals surface area contributed by atoms with Crippen molar-refractivity contribution in [1.82, 2.24) is 14.9 Å². The lowest BCUT2D eigenvalue weighted by atomic mass is 10.2. The van der Waals surface area contributed by atoms with Gasteiger partial charge in [-0.15, -0.1) is 0 Å². The molecule has 1 saturated heterocycles. The average Bonchev–Trinajstić information content (AvgIpc) is 2.45. The van der Waals surface area contributed by atoms with E-state index < -0.39 is 0 Å². The number of hydrogen-bond acceptors (Lipinski definition) is 6. The van der Waals surface area contributed by atoms with Crippen LogP contribution in [0.15, 0.2) is 6.33 Å². The second kappa shape index (κ2) is 6.88. The maximum atomic E-state index is 8.85. The third kappa shape index (κ3) is 3.46. The molecule has 1 aliphatic rings. The Bertz CT molecular complexity index is 409. The number of aromatic nitrogens is 2. The molecule has 106 valence electrons. The second-order valence-electron chi connectivity index (χ2n) is 4.52. The summed E-state index contributed by atoms with van der Waals surface area (Å²) in [4.78, 5) is 12.9. The van der Waals surface area contributed by atoms with E-state index >= 15 is 0 Å². The highest BCUT2D eigenvalue weighted by atomic mass is 35.5. The van der Waals surface area contributed by atoms with Crippen LogP contribution in [0.5, 0.6) is 0 Å². The van der Waals surface area contributed by atoms with Gasteiger partial charge in [-0.05, 0) is 6.42 Å². The fourth-order valence-corrected chi connectivity index (χ4v) is 2.51. The summed E-state index contributed by atoms with van der Waals surface area (Å²) in [6, 6.07) is 0. The number of aliphatic hydroxyl groups is 1. The highest BCUT2D eigenvalue weighted by molar-refractivity contribution is 6.32. The van der Waals surface area contributed by atoms with Crippen LogP contribution in [-0.4, -0.2) is 66.4 Å².